The Hall–Kier alpha value is -10.3. The zero-order chi connectivity index (χ0) is 101. The third-order valence-electron chi connectivity index (χ3n) is 21.6. The minimum Gasteiger partial charge on any atom is -0.870 e. The van der Waals surface area contributed by atoms with Gasteiger partial charge in [-0.3, -0.25) is 19.0 Å². The van der Waals surface area contributed by atoms with Crippen molar-refractivity contribution in [2.24, 2.45) is 11.3 Å². The number of nitrogen functional groups attached to an aromatic ring is 1. The number of thioether (sulfide) groups is 1. The number of alkyl halides is 2. The first-order valence-electron chi connectivity index (χ1n) is 45.4. The van der Waals surface area contributed by atoms with Crippen LogP contribution in [0.15, 0.2) is 232 Å². The van der Waals surface area contributed by atoms with Gasteiger partial charge >= 0.3 is 115 Å². The first-order chi connectivity index (χ1) is 68.0. The molecule has 0 aliphatic heterocycles. The number of hydrogen-bond donors (Lipinski definition) is 3. The van der Waals surface area contributed by atoms with E-state index >= 15 is 0 Å². The van der Waals surface area contributed by atoms with Crippen LogP contribution in [0, 0.1) is 78.8 Å². The van der Waals surface area contributed by atoms with Gasteiger partial charge in [-0.15, -0.1) is 39.2 Å². The van der Waals surface area contributed by atoms with Gasteiger partial charge in [0.05, 0.1) is 73.9 Å². The van der Waals surface area contributed by atoms with Gasteiger partial charge in [0.15, 0.2) is 5.34 Å². The summed E-state index contributed by atoms with van der Waals surface area (Å²) in [5.74, 6) is 0.913. The molecule has 0 atom stereocenters. The number of nitriles is 6. The van der Waals surface area contributed by atoms with Gasteiger partial charge in [-0.1, -0.05) is 218 Å². The van der Waals surface area contributed by atoms with E-state index in [0.717, 1.165) is 226 Å². The Morgan fingerprint density at radius 3 is 1.26 bits per heavy atom. The topological polar surface area (TPSA) is 457 Å². The number of nitrogens with zero attached hydrogens (tertiary/aromatic N) is 13. The van der Waals surface area contributed by atoms with Gasteiger partial charge in [0, 0.05) is 92.4 Å². The molecule has 0 amide bonds. The third-order valence-corrected chi connectivity index (χ3v) is 25.3. The number of fused-ring (bicyclic) bond motifs is 4. The van der Waals surface area contributed by atoms with Crippen LogP contribution in [0.5, 0.6) is 0 Å². The van der Waals surface area contributed by atoms with Crippen LogP contribution in [-0.2, 0) is 99.5 Å². The Bertz CT molecular complexity index is 6360. The number of carboxylic acid groups (broad SMARTS) is 1. The fraction of sp³-hybridized carbons (Fsp3) is 0.252. The summed E-state index contributed by atoms with van der Waals surface area (Å²) in [5.41, 5.74) is 31.3. The molecule has 6 aromatic heterocycles. The number of carboxylic acids is 1. The molecule has 13 aromatic rings. The molecular formula is C107H104Cl2FN15Na4O10S5. The van der Waals surface area contributed by atoms with E-state index in [1.54, 1.807) is 65.6 Å². The minimum absolute atomic E-state index is 0. The summed E-state index contributed by atoms with van der Waals surface area (Å²) >= 11 is 24.6. The van der Waals surface area contributed by atoms with Gasteiger partial charge < -0.3 is 49.4 Å². The van der Waals surface area contributed by atoms with E-state index in [4.69, 9.17) is 78.1 Å². The molecule has 5 aliphatic rings. The number of carbonyl (C=O) groups is 4. The van der Waals surface area contributed by atoms with Gasteiger partial charge in [0.25, 0.3) is 5.97 Å². The van der Waals surface area contributed by atoms with Crippen LogP contribution < -0.4 is 71.0 Å². The molecule has 5 aliphatic carbocycles. The Morgan fingerprint density at radius 2 is 0.903 bits per heavy atom. The number of Topliss-reactive ketones (excluding diaryl/α,β-unsaturated/α-hetero) is 1. The summed E-state index contributed by atoms with van der Waals surface area (Å²) in [6, 6.07) is 76.5. The van der Waals surface area contributed by atoms with Crippen molar-refractivity contribution in [3.05, 3.63) is 322 Å². The van der Waals surface area contributed by atoms with Gasteiger partial charge in [0.1, 0.15) is 79.9 Å². The number of aryl methyl sites for hydroxylation is 4. The molecule has 1 saturated carbocycles. The molecule has 0 bridgehead atoms. The summed E-state index contributed by atoms with van der Waals surface area (Å²) < 4.78 is 24.9. The van der Waals surface area contributed by atoms with Crippen molar-refractivity contribution in [3.63, 3.8) is 0 Å². The number of methoxy groups -OCH3 is 2. The van der Waals surface area contributed by atoms with Crippen LogP contribution >= 0.6 is 71.1 Å². The number of ether oxygens (including phenoxy) is 2. The predicted molar refractivity (Wildman–Crippen MR) is 567 cm³/mol. The predicted octanol–water partition coefficient (Wildman–Crippen LogP) is 18.1. The molecule has 37 heteroatoms. The number of anilines is 1. The number of carbonyl (C=O) groups excluding carboxylic acids is 3. The van der Waals surface area contributed by atoms with Crippen LogP contribution in [0.25, 0.3) is 71.7 Å². The number of allylic oxidation sites excluding steroid dienone is 1. The van der Waals surface area contributed by atoms with E-state index < -0.39 is 13.1 Å². The standard InChI is InChI=1S/C27H21N3O2S2.C15H11ClN2.C15H13N3.C15H12N2S.C12H10ClNO2S.C10H6N2.C5H11NO2.C5H8O.C2H4O2.CH3F.H3N.4Na.H2O.H2S/c1-32-27(31)19-12-10-18(11-13-19)25-29-20(15-33-25)16-34-26-22(14-28)24(17-6-3-2-4-7-17)21-8-5-9-23(21)30-26;16-15-12(9-17)14(10-5-2-1-3-6-10)11-7-4-8-13(11)18-15;16-9-12-14(10-5-2-1-3-6-10)11-7-4-8-13(11)18-15(12)17;16-9-12-14(10-5-2-1-3-6-10)11-7-4-8-13(11)17-15(12)18;1-16-12(15)9-4-2-8(3-5-9)11-14-10(6-13)7-17-11;11-7-10(8-12)6-9-4-2-1-3-5-9;1-5(2)3-4-8-6-7;6-5-3-1-2-4-5;1-2(3)4;1-2;;;;;;;/h2-4,6-7,10-13,15H,5,8-9,16H2,1H3;1-3,5-6H,4,7-8H2;1-3,5-6H,4,7-8H2,(H2,17,18);1-3,5-6H,4,7-8H2,(H,17,18);2-5,7H,6H2,1H3;1-6H;5H,3-4H2,1-2H3;1-4H2;1H3,(H,3,4);1H3;1H3;;;;;2*1H2/q;;;;;;;;;;;;;2*+1;;/p-2/i;;;;;;;;;1D;;;;;;;. The Morgan fingerprint density at radius 1 is 0.549 bits per heavy atom. The maximum Gasteiger partial charge on any atom is -0.870 e. The van der Waals surface area contributed by atoms with Gasteiger partial charge in [-0.25, -0.2) is 34.5 Å². The van der Waals surface area contributed by atoms with Crippen molar-refractivity contribution < 1.29 is 109 Å². The zero-order valence-corrected chi connectivity index (χ0v) is 95.5. The normalized spacial score (nSPS) is 11.5. The quantitative estimate of drug-likeness (QED) is 0.00728. The zero-order valence-electron chi connectivity index (χ0n) is 82.7. The molecule has 0 unspecified atom stereocenters. The minimum atomic E-state index is -1.00. The SMILES string of the molecule is CC(=O)O.CC(C)CCON=O.COC(=O)c1ccc(-c2nc(CCl)cs2)cc1.COC(=O)c1ccc(-c2nc(CSc3nc4c(c(-c5ccccc5)c3C#N)CCC4)cs2)cc1.N.N#CC(C#N)=Cc1ccccc1.N#Cc1c(Cl)nc2c(c1-c1ccccc1)CCC2.N#Cc1c(N)nc2c(c1-c1ccccc1)CCC2.N#Cc1c([S-])nc2c(c1-c1ccccc1)CCC2.O=C1CCCC1.S.[2H]CF.[Na+].[Na+].[Na][Na].[OH-]. The van der Waals surface area contributed by atoms with E-state index in [9.17, 15) is 44.7 Å². The fourth-order valence-electron chi connectivity index (χ4n) is 15.3. The fourth-order valence-corrected chi connectivity index (χ4v) is 18.6. The molecule has 0 radical (unpaired) electrons. The molecule has 18 rings (SSSR count). The van der Waals surface area contributed by atoms with Crippen molar-refractivity contribution in [2.75, 3.05) is 33.7 Å². The van der Waals surface area contributed by atoms with Gasteiger partial charge in [-0.2, -0.15) is 45.1 Å². The summed E-state index contributed by atoms with van der Waals surface area (Å²) in [4.78, 5) is 82.8. The smallest absolute Gasteiger partial charge is 0.870 e. The Kier molecular flexibility index (Phi) is 61.0. The molecule has 7 N–H and O–H groups in total. The van der Waals surface area contributed by atoms with Crippen LogP contribution in [0.2, 0.25) is 5.15 Å². The van der Waals surface area contributed by atoms with Crippen molar-refractivity contribution in [1.82, 2.24) is 36.1 Å². The number of ketones is 1. The molecule has 722 valence electrons. The first kappa shape index (κ1) is 126. The Labute approximate surface area is 949 Å². The molecule has 0 spiro atoms. The second kappa shape index (κ2) is 69.7. The second-order valence-corrected chi connectivity index (χ2v) is 34.8. The number of thiazole rings is 2. The molecular weight excluding hydrogens is 2000 g/mol. The summed E-state index contributed by atoms with van der Waals surface area (Å²) in [5, 5.41) is 71.9. The monoisotopic (exact) mass is 2100 g/mol. The van der Waals surface area contributed by atoms with Gasteiger partial charge in [0.2, 0.25) is 0 Å². The number of pyridine rings is 4. The van der Waals surface area contributed by atoms with E-state index in [1.807, 2.05) is 175 Å². The maximum atomic E-state index is 11.7. The number of halogens is 3. The van der Waals surface area contributed by atoms with Crippen molar-refractivity contribution >= 4 is 163 Å². The van der Waals surface area contributed by atoms with E-state index in [-0.39, 0.29) is 102 Å². The first-order valence-corrected chi connectivity index (χ1v) is 56.8. The van der Waals surface area contributed by atoms with Crippen LogP contribution in [0.4, 0.5) is 10.2 Å². The van der Waals surface area contributed by atoms with Crippen molar-refractivity contribution in [2.45, 2.75) is 152 Å². The van der Waals surface area contributed by atoms with E-state index in [0.29, 0.717) is 79.3 Å². The average Bonchev–Trinajstić information content (AvgIpc) is 1.72. The van der Waals surface area contributed by atoms with Crippen molar-refractivity contribution in [1.29, 1.82) is 31.6 Å². The summed E-state index contributed by atoms with van der Waals surface area (Å²) in [6.45, 7) is 5.66. The third kappa shape index (κ3) is 38.2. The number of rotatable bonds is 17. The van der Waals surface area contributed by atoms with E-state index in [1.165, 1.54) is 91.4 Å². The van der Waals surface area contributed by atoms with Crippen LogP contribution in [0.1, 0.15) is 185 Å². The van der Waals surface area contributed by atoms with Crippen molar-refractivity contribution in [3.8, 4) is 102 Å². The molecule has 25 nitrogen and oxygen atoms in total. The number of aliphatic carboxylic acids is 1. The van der Waals surface area contributed by atoms with Crippen LogP contribution in [-0.4, -0.2) is 136 Å². The molecule has 1 fully saturated rings. The summed E-state index contributed by atoms with van der Waals surface area (Å²) in [6.07, 6.45) is 18.6. The molecule has 144 heavy (non-hydrogen) atoms. The van der Waals surface area contributed by atoms with E-state index in [2.05, 4.69) is 85.1 Å². The number of aromatic nitrogens is 6. The number of esters is 2. The number of nitrogens with two attached hydrogens (primary N) is 1. The number of benzene rings is 7. The summed E-state index contributed by atoms with van der Waals surface area (Å²) in [7, 11) is 1.74. The molecule has 0 saturated heterocycles. The maximum absolute atomic E-state index is 11.7. The second-order valence-electron chi connectivity index (χ2n) is 31.2. The molecule has 7 aromatic carbocycles. The Balaban J connectivity index is 0.000000434. The van der Waals surface area contributed by atoms with Crippen LogP contribution in [0.3, 0.4) is 0 Å². The van der Waals surface area contributed by atoms with Gasteiger partial charge in [-0.05, 0) is 183 Å². The average molecular weight is 2100 g/mol. The largest absolute Gasteiger partial charge is 0.870 e. The molecule has 6 heterocycles. The number of hydrogen-bond acceptors (Lipinski definition) is 28.